The summed E-state index contributed by atoms with van der Waals surface area (Å²) in [5.74, 6) is 1.46. The van der Waals surface area contributed by atoms with E-state index in [4.69, 9.17) is 0 Å². The first-order chi connectivity index (χ1) is 11.2. The Morgan fingerprint density at radius 2 is 2.04 bits per heavy atom. The van der Waals surface area contributed by atoms with Crippen LogP contribution in [0.25, 0.3) is 5.65 Å². The molecule has 3 rings (SSSR count). The number of pyridine rings is 1. The number of carbonyl (C=O) groups is 1. The average Bonchev–Trinajstić information content (AvgIpc) is 2.74. The second-order valence-corrected chi connectivity index (χ2v) is 7.44. The van der Waals surface area contributed by atoms with Crippen molar-refractivity contribution >= 4 is 23.3 Å². The molecule has 0 spiro atoms. The molecular weight excluding hydrogens is 306 g/mol. The van der Waals surface area contributed by atoms with Gasteiger partial charge in [0.05, 0.1) is 11.4 Å². The fourth-order valence-corrected chi connectivity index (χ4v) is 3.89. The van der Waals surface area contributed by atoms with Crippen LogP contribution in [0.4, 0.5) is 0 Å². The van der Waals surface area contributed by atoms with Crippen LogP contribution in [0.1, 0.15) is 49.8 Å². The maximum atomic E-state index is 12.1. The van der Waals surface area contributed by atoms with Crippen LogP contribution in [0, 0.1) is 6.92 Å². The molecule has 4 nitrogen and oxygen atoms in total. The van der Waals surface area contributed by atoms with E-state index in [1.165, 1.54) is 31.2 Å². The second kappa shape index (κ2) is 7.86. The fraction of sp³-hybridized carbons (Fsp3) is 0.556. The highest BCUT2D eigenvalue weighted by Crippen LogP contribution is 2.18. The summed E-state index contributed by atoms with van der Waals surface area (Å²) in [4.78, 5) is 16.7. The molecule has 5 heteroatoms. The van der Waals surface area contributed by atoms with Gasteiger partial charge in [-0.2, -0.15) is 0 Å². The molecule has 0 aromatic carbocycles. The Bertz CT molecular complexity index is 659. The van der Waals surface area contributed by atoms with Gasteiger partial charge in [-0.25, -0.2) is 4.98 Å². The summed E-state index contributed by atoms with van der Waals surface area (Å²) in [6.45, 7) is 2.08. The van der Waals surface area contributed by atoms with Crippen LogP contribution in [0.2, 0.25) is 0 Å². The van der Waals surface area contributed by atoms with Gasteiger partial charge in [-0.15, -0.1) is 11.8 Å². The Kier molecular flexibility index (Phi) is 5.60. The SMILES string of the molecule is Cc1ccc2nc(CSCC(=O)NC3CCCCCC3)cn2c1. The lowest BCUT2D eigenvalue weighted by atomic mass is 10.1. The van der Waals surface area contributed by atoms with Gasteiger partial charge in [0.15, 0.2) is 0 Å². The lowest BCUT2D eigenvalue weighted by Crippen LogP contribution is -2.35. The Hall–Kier alpha value is -1.49. The van der Waals surface area contributed by atoms with Gasteiger partial charge in [0.2, 0.25) is 5.91 Å². The smallest absolute Gasteiger partial charge is 0.230 e. The van der Waals surface area contributed by atoms with Crippen molar-refractivity contribution in [1.29, 1.82) is 0 Å². The highest BCUT2D eigenvalue weighted by atomic mass is 32.2. The third-order valence-electron chi connectivity index (χ3n) is 4.35. The molecule has 0 unspecified atom stereocenters. The normalized spacial score (nSPS) is 16.4. The van der Waals surface area contributed by atoms with Gasteiger partial charge in [-0.1, -0.05) is 31.7 Å². The van der Waals surface area contributed by atoms with Gasteiger partial charge < -0.3 is 9.72 Å². The molecular formula is C18H25N3OS. The molecule has 0 radical (unpaired) electrons. The van der Waals surface area contributed by atoms with E-state index in [-0.39, 0.29) is 5.91 Å². The molecule has 23 heavy (non-hydrogen) atoms. The van der Waals surface area contributed by atoms with Gasteiger partial charge in [-0.05, 0) is 31.4 Å². The van der Waals surface area contributed by atoms with Gasteiger partial charge >= 0.3 is 0 Å². The van der Waals surface area contributed by atoms with Crippen LogP contribution < -0.4 is 5.32 Å². The molecule has 1 N–H and O–H groups in total. The number of hydrogen-bond donors (Lipinski definition) is 1. The van der Waals surface area contributed by atoms with Crippen LogP contribution in [0.15, 0.2) is 24.5 Å². The zero-order valence-electron chi connectivity index (χ0n) is 13.8. The standard InChI is InChI=1S/C18H25N3OS/c1-14-8-9-17-19-16(11-21(17)10-14)12-23-13-18(22)20-15-6-4-2-3-5-7-15/h8-11,15H,2-7,12-13H2,1H3,(H,20,22). The van der Waals surface area contributed by atoms with Crippen molar-refractivity contribution in [2.75, 3.05) is 5.75 Å². The zero-order chi connectivity index (χ0) is 16.1. The van der Waals surface area contributed by atoms with Crippen molar-refractivity contribution in [2.24, 2.45) is 0 Å². The number of fused-ring (bicyclic) bond motifs is 1. The van der Waals surface area contributed by atoms with Crippen LogP contribution >= 0.6 is 11.8 Å². The molecule has 124 valence electrons. The summed E-state index contributed by atoms with van der Waals surface area (Å²) in [6.07, 6.45) is 11.5. The zero-order valence-corrected chi connectivity index (χ0v) is 14.6. The van der Waals surface area contributed by atoms with Crippen molar-refractivity contribution in [1.82, 2.24) is 14.7 Å². The van der Waals surface area contributed by atoms with E-state index in [1.54, 1.807) is 11.8 Å². The van der Waals surface area contributed by atoms with Crippen molar-refractivity contribution in [2.45, 2.75) is 57.2 Å². The summed E-state index contributed by atoms with van der Waals surface area (Å²) in [5.41, 5.74) is 3.22. The van der Waals surface area contributed by atoms with E-state index >= 15 is 0 Å². The number of aromatic nitrogens is 2. The number of amides is 1. The first kappa shape index (κ1) is 16.4. The lowest BCUT2D eigenvalue weighted by molar-refractivity contribution is -0.119. The summed E-state index contributed by atoms with van der Waals surface area (Å²) >= 11 is 1.64. The van der Waals surface area contributed by atoms with Crippen LogP contribution in [0.5, 0.6) is 0 Å². The number of nitrogens with one attached hydrogen (secondary N) is 1. The summed E-state index contributed by atoms with van der Waals surface area (Å²) in [6, 6.07) is 4.49. The van der Waals surface area contributed by atoms with Crippen LogP contribution in [-0.2, 0) is 10.5 Å². The Labute approximate surface area is 142 Å². The molecule has 0 bridgehead atoms. The number of hydrogen-bond acceptors (Lipinski definition) is 3. The minimum atomic E-state index is 0.168. The van der Waals surface area contributed by atoms with Crippen LogP contribution in [-0.4, -0.2) is 27.1 Å². The highest BCUT2D eigenvalue weighted by Gasteiger charge is 2.14. The first-order valence-electron chi connectivity index (χ1n) is 8.52. The van der Waals surface area contributed by atoms with E-state index in [2.05, 4.69) is 40.1 Å². The lowest BCUT2D eigenvalue weighted by Gasteiger charge is -2.15. The molecule has 1 fully saturated rings. The molecule has 0 saturated heterocycles. The largest absolute Gasteiger partial charge is 0.353 e. The van der Waals surface area contributed by atoms with Gasteiger partial charge in [-0.3, -0.25) is 4.79 Å². The van der Waals surface area contributed by atoms with E-state index in [0.717, 1.165) is 29.9 Å². The van der Waals surface area contributed by atoms with Crippen molar-refractivity contribution in [3.05, 3.63) is 35.8 Å². The monoisotopic (exact) mass is 331 g/mol. The maximum absolute atomic E-state index is 12.1. The summed E-state index contributed by atoms with van der Waals surface area (Å²) in [5, 5.41) is 3.19. The summed E-state index contributed by atoms with van der Waals surface area (Å²) in [7, 11) is 0. The highest BCUT2D eigenvalue weighted by molar-refractivity contribution is 7.99. The molecule has 2 heterocycles. The van der Waals surface area contributed by atoms with E-state index < -0.39 is 0 Å². The third-order valence-corrected chi connectivity index (χ3v) is 5.32. The molecule has 0 atom stereocenters. The van der Waals surface area contributed by atoms with Crippen molar-refractivity contribution in [3.8, 4) is 0 Å². The van der Waals surface area contributed by atoms with Gasteiger partial charge in [0.1, 0.15) is 5.65 Å². The second-order valence-electron chi connectivity index (χ2n) is 6.45. The Morgan fingerprint density at radius 3 is 2.83 bits per heavy atom. The topological polar surface area (TPSA) is 46.4 Å². The Balaban J connectivity index is 1.45. The molecule has 1 aliphatic carbocycles. The predicted molar refractivity (Wildman–Crippen MR) is 95.7 cm³/mol. The minimum Gasteiger partial charge on any atom is -0.353 e. The van der Waals surface area contributed by atoms with E-state index in [0.29, 0.717) is 11.8 Å². The quantitative estimate of drug-likeness (QED) is 0.850. The van der Waals surface area contributed by atoms with Gasteiger partial charge in [0.25, 0.3) is 0 Å². The van der Waals surface area contributed by atoms with E-state index in [9.17, 15) is 4.79 Å². The minimum absolute atomic E-state index is 0.168. The molecule has 1 amide bonds. The van der Waals surface area contributed by atoms with Crippen molar-refractivity contribution in [3.63, 3.8) is 0 Å². The fourth-order valence-electron chi connectivity index (χ4n) is 3.17. The van der Waals surface area contributed by atoms with Gasteiger partial charge in [0, 0.05) is 24.2 Å². The number of imidazole rings is 1. The number of carbonyl (C=O) groups excluding carboxylic acids is 1. The number of rotatable bonds is 5. The van der Waals surface area contributed by atoms with E-state index in [1.807, 2.05) is 6.07 Å². The van der Waals surface area contributed by atoms with Crippen LogP contribution in [0.3, 0.4) is 0 Å². The number of nitrogens with zero attached hydrogens (tertiary/aromatic N) is 2. The molecule has 2 aromatic heterocycles. The molecule has 1 saturated carbocycles. The summed E-state index contributed by atoms with van der Waals surface area (Å²) < 4.78 is 2.05. The number of thioether (sulfide) groups is 1. The molecule has 1 aliphatic rings. The molecule has 0 aliphatic heterocycles. The third kappa shape index (κ3) is 4.74. The first-order valence-corrected chi connectivity index (χ1v) is 9.67. The predicted octanol–water partition coefficient (Wildman–Crippen LogP) is 3.71. The maximum Gasteiger partial charge on any atom is 0.230 e. The molecule has 2 aromatic rings. The Morgan fingerprint density at radius 1 is 1.26 bits per heavy atom. The van der Waals surface area contributed by atoms with Crippen molar-refractivity contribution < 1.29 is 4.79 Å². The number of aryl methyl sites for hydroxylation is 1. The average molecular weight is 331 g/mol.